The number of aliphatic hydroxyl groups excluding tert-OH is 2. The Morgan fingerprint density at radius 1 is 0.850 bits per heavy atom. The van der Waals surface area contributed by atoms with Crippen LogP contribution < -0.4 is 0 Å². The van der Waals surface area contributed by atoms with Gasteiger partial charge in [-0.25, -0.2) is 0 Å². The molecule has 0 saturated heterocycles. The van der Waals surface area contributed by atoms with Crippen molar-refractivity contribution in [3.8, 4) is 0 Å². The number of aliphatic hydroxyl groups is 2. The van der Waals surface area contributed by atoms with Gasteiger partial charge >= 0.3 is 0 Å². The van der Waals surface area contributed by atoms with Crippen molar-refractivity contribution in [3.63, 3.8) is 0 Å². The lowest BCUT2D eigenvalue weighted by Gasteiger charge is -2.28. The Bertz CT molecular complexity index is 204. The molecule has 0 radical (unpaired) electrons. The van der Waals surface area contributed by atoms with Crippen LogP contribution in [0.25, 0.3) is 0 Å². The molecule has 0 bridgehead atoms. The number of nitrogens with zero attached hydrogens (tertiary/aromatic N) is 1. The van der Waals surface area contributed by atoms with Crippen molar-refractivity contribution in [2.75, 3.05) is 32.8 Å². The van der Waals surface area contributed by atoms with Gasteiger partial charge in [0.2, 0.25) is 0 Å². The van der Waals surface area contributed by atoms with Gasteiger partial charge in [-0.1, -0.05) is 6.92 Å². The van der Waals surface area contributed by atoms with E-state index in [1.165, 1.54) is 0 Å². The molecule has 0 aromatic carbocycles. The summed E-state index contributed by atoms with van der Waals surface area (Å²) in [5.74, 6) is 0. The molecule has 5 heteroatoms. The van der Waals surface area contributed by atoms with E-state index >= 15 is 0 Å². The average Bonchev–Trinajstić information content (AvgIpc) is 2.34. The monoisotopic (exact) mass is 291 g/mol. The maximum absolute atomic E-state index is 9.22. The normalized spacial score (nSPS) is 18.0. The first-order valence-corrected chi connectivity index (χ1v) is 7.66. The van der Waals surface area contributed by atoms with Crippen molar-refractivity contribution in [3.05, 3.63) is 0 Å². The predicted octanol–water partition coefficient (Wildman–Crippen LogP) is 1.27. The van der Waals surface area contributed by atoms with Gasteiger partial charge in [-0.3, -0.25) is 4.90 Å². The predicted molar refractivity (Wildman–Crippen MR) is 80.9 cm³/mol. The molecule has 0 heterocycles. The molecule has 0 aromatic heterocycles. The molecule has 122 valence electrons. The summed E-state index contributed by atoms with van der Waals surface area (Å²) in [6, 6.07) is 0. The van der Waals surface area contributed by atoms with Crippen molar-refractivity contribution in [1.82, 2.24) is 4.90 Å². The average molecular weight is 291 g/mol. The number of hydrogen-bond donors (Lipinski definition) is 2. The first kappa shape index (κ1) is 19.8. The van der Waals surface area contributed by atoms with E-state index in [1.807, 2.05) is 13.8 Å². The summed E-state index contributed by atoms with van der Waals surface area (Å²) >= 11 is 0. The highest BCUT2D eigenvalue weighted by atomic mass is 16.5. The quantitative estimate of drug-likeness (QED) is 0.567. The van der Waals surface area contributed by atoms with Gasteiger partial charge in [-0.2, -0.15) is 0 Å². The Morgan fingerprint density at radius 3 is 1.55 bits per heavy atom. The lowest BCUT2D eigenvalue weighted by atomic mass is 10.2. The molecule has 0 rings (SSSR count). The van der Waals surface area contributed by atoms with Crippen LogP contribution in [-0.2, 0) is 9.47 Å². The fourth-order valence-electron chi connectivity index (χ4n) is 2.01. The molecule has 2 N–H and O–H groups in total. The molecular weight excluding hydrogens is 258 g/mol. The highest BCUT2D eigenvalue weighted by Gasteiger charge is 2.14. The summed E-state index contributed by atoms with van der Waals surface area (Å²) in [5.41, 5.74) is 0. The van der Waals surface area contributed by atoms with Crippen molar-refractivity contribution in [1.29, 1.82) is 0 Å². The first-order valence-electron chi connectivity index (χ1n) is 7.66. The summed E-state index contributed by atoms with van der Waals surface area (Å²) in [5, 5.41) is 18.4. The van der Waals surface area contributed by atoms with E-state index in [4.69, 9.17) is 9.47 Å². The third kappa shape index (κ3) is 11.6. The second-order valence-electron chi connectivity index (χ2n) is 5.75. The molecule has 0 amide bonds. The SMILES string of the molecule is CCCN(CC(C)OCC(C)O)CC(C)OCC(C)O. The van der Waals surface area contributed by atoms with Gasteiger partial charge in [0.25, 0.3) is 0 Å². The maximum Gasteiger partial charge on any atom is 0.0745 e. The standard InChI is InChI=1S/C15H33NO4/c1-6-7-16(8-14(4)19-10-12(2)17)9-15(5)20-11-13(3)18/h12-15,17-18H,6-11H2,1-5H3. The zero-order chi connectivity index (χ0) is 15.5. The molecule has 0 saturated carbocycles. The van der Waals surface area contributed by atoms with Crippen LogP contribution in [0.1, 0.15) is 41.0 Å². The van der Waals surface area contributed by atoms with Gasteiger partial charge in [0, 0.05) is 13.1 Å². The van der Waals surface area contributed by atoms with Crippen LogP contribution in [0, 0.1) is 0 Å². The Labute approximate surface area is 123 Å². The lowest BCUT2D eigenvalue weighted by molar-refractivity contribution is -0.0314. The molecular formula is C15H33NO4. The van der Waals surface area contributed by atoms with E-state index in [1.54, 1.807) is 13.8 Å². The second-order valence-corrected chi connectivity index (χ2v) is 5.75. The molecule has 0 aliphatic rings. The summed E-state index contributed by atoms with van der Waals surface area (Å²) in [7, 11) is 0. The van der Waals surface area contributed by atoms with Gasteiger partial charge in [0.05, 0.1) is 37.6 Å². The van der Waals surface area contributed by atoms with Gasteiger partial charge in [0.1, 0.15) is 0 Å². The highest BCUT2D eigenvalue weighted by Crippen LogP contribution is 2.03. The minimum atomic E-state index is -0.426. The molecule has 20 heavy (non-hydrogen) atoms. The summed E-state index contributed by atoms with van der Waals surface area (Å²) < 4.78 is 11.2. The molecule has 0 aliphatic heterocycles. The maximum atomic E-state index is 9.22. The van der Waals surface area contributed by atoms with Gasteiger partial charge in [-0.15, -0.1) is 0 Å². The van der Waals surface area contributed by atoms with Gasteiger partial charge in [-0.05, 0) is 40.7 Å². The van der Waals surface area contributed by atoms with Crippen LogP contribution in [0.15, 0.2) is 0 Å². The third-order valence-corrected chi connectivity index (χ3v) is 2.81. The number of hydrogen-bond acceptors (Lipinski definition) is 5. The van der Waals surface area contributed by atoms with Crippen molar-refractivity contribution >= 4 is 0 Å². The van der Waals surface area contributed by atoms with E-state index in [0.29, 0.717) is 13.2 Å². The summed E-state index contributed by atoms with van der Waals surface area (Å²) in [6.07, 6.45) is 0.391. The largest absolute Gasteiger partial charge is 0.391 e. The van der Waals surface area contributed by atoms with Crippen LogP contribution in [0.4, 0.5) is 0 Å². The zero-order valence-corrected chi connectivity index (χ0v) is 13.7. The first-order chi connectivity index (χ1) is 9.35. The minimum absolute atomic E-state index is 0.0834. The van der Waals surface area contributed by atoms with Crippen LogP contribution in [0.5, 0.6) is 0 Å². The second kappa shape index (κ2) is 11.5. The smallest absolute Gasteiger partial charge is 0.0745 e. The van der Waals surface area contributed by atoms with Gasteiger partial charge < -0.3 is 19.7 Å². The Hall–Kier alpha value is -0.200. The Kier molecular flexibility index (Phi) is 11.3. The number of ether oxygens (including phenoxy) is 2. The molecule has 0 fully saturated rings. The molecule has 0 aromatic rings. The fraction of sp³-hybridized carbons (Fsp3) is 1.00. The summed E-state index contributed by atoms with van der Waals surface area (Å²) in [6.45, 7) is 13.0. The van der Waals surface area contributed by atoms with Crippen LogP contribution in [0.2, 0.25) is 0 Å². The van der Waals surface area contributed by atoms with E-state index in [2.05, 4.69) is 11.8 Å². The van der Waals surface area contributed by atoms with Gasteiger partial charge in [0.15, 0.2) is 0 Å². The summed E-state index contributed by atoms with van der Waals surface area (Å²) in [4.78, 5) is 2.30. The minimum Gasteiger partial charge on any atom is -0.391 e. The fourth-order valence-corrected chi connectivity index (χ4v) is 2.01. The molecule has 4 unspecified atom stereocenters. The Morgan fingerprint density at radius 2 is 1.25 bits per heavy atom. The zero-order valence-electron chi connectivity index (χ0n) is 13.7. The Balaban J connectivity index is 4.07. The van der Waals surface area contributed by atoms with Crippen LogP contribution in [0.3, 0.4) is 0 Å². The molecule has 5 nitrogen and oxygen atoms in total. The molecule has 0 aliphatic carbocycles. The van der Waals surface area contributed by atoms with E-state index in [0.717, 1.165) is 26.1 Å². The van der Waals surface area contributed by atoms with E-state index in [9.17, 15) is 10.2 Å². The van der Waals surface area contributed by atoms with Crippen LogP contribution >= 0.6 is 0 Å². The van der Waals surface area contributed by atoms with Crippen molar-refractivity contribution in [2.45, 2.75) is 65.5 Å². The lowest BCUT2D eigenvalue weighted by Crippen LogP contribution is -2.39. The van der Waals surface area contributed by atoms with E-state index in [-0.39, 0.29) is 12.2 Å². The molecule has 0 spiro atoms. The highest BCUT2D eigenvalue weighted by molar-refractivity contribution is 4.67. The van der Waals surface area contributed by atoms with E-state index < -0.39 is 12.2 Å². The third-order valence-electron chi connectivity index (χ3n) is 2.81. The van der Waals surface area contributed by atoms with Crippen LogP contribution in [-0.4, -0.2) is 72.4 Å². The number of rotatable bonds is 12. The van der Waals surface area contributed by atoms with Crippen molar-refractivity contribution in [2.24, 2.45) is 0 Å². The topological polar surface area (TPSA) is 62.2 Å². The molecule has 4 atom stereocenters. The van der Waals surface area contributed by atoms with Crippen molar-refractivity contribution < 1.29 is 19.7 Å².